The molecule has 1 saturated heterocycles. The van der Waals surface area contributed by atoms with Gasteiger partial charge in [-0.2, -0.15) is 0 Å². The Bertz CT molecular complexity index is 727. The summed E-state index contributed by atoms with van der Waals surface area (Å²) in [4.78, 5) is 12.7. The van der Waals surface area contributed by atoms with Crippen molar-refractivity contribution in [2.45, 2.75) is 38.5 Å². The molecule has 25 heavy (non-hydrogen) atoms. The zero-order valence-electron chi connectivity index (χ0n) is 14.6. The van der Waals surface area contributed by atoms with Gasteiger partial charge in [0.1, 0.15) is 11.8 Å². The molecule has 1 saturated carbocycles. The molecule has 5 heteroatoms. The van der Waals surface area contributed by atoms with Crippen molar-refractivity contribution < 1.29 is 13.9 Å². The van der Waals surface area contributed by atoms with Gasteiger partial charge in [0, 0.05) is 24.0 Å². The Labute approximate surface area is 147 Å². The van der Waals surface area contributed by atoms with Gasteiger partial charge >= 0.3 is 6.03 Å². The van der Waals surface area contributed by atoms with Gasteiger partial charge in [-0.3, -0.25) is 0 Å². The number of furan rings is 1. The fraction of sp³-hybridized carbons (Fsp3) is 0.450. The first kappa shape index (κ1) is 16.2. The third-order valence-electron chi connectivity index (χ3n) is 5.62. The maximum Gasteiger partial charge on any atom is 0.315 e. The fourth-order valence-electron chi connectivity index (χ4n) is 4.35. The van der Waals surface area contributed by atoms with Crippen molar-refractivity contribution in [2.24, 2.45) is 11.3 Å². The van der Waals surface area contributed by atoms with Crippen LogP contribution in [-0.4, -0.2) is 24.8 Å². The number of benzene rings is 1. The van der Waals surface area contributed by atoms with Gasteiger partial charge in [0.25, 0.3) is 0 Å². The van der Waals surface area contributed by atoms with Crippen LogP contribution in [0, 0.1) is 11.3 Å². The first-order valence-corrected chi connectivity index (χ1v) is 8.84. The summed E-state index contributed by atoms with van der Waals surface area (Å²) in [7, 11) is 0. The van der Waals surface area contributed by atoms with Crippen LogP contribution in [0.3, 0.4) is 0 Å². The second kappa shape index (κ2) is 6.23. The number of amides is 2. The van der Waals surface area contributed by atoms with E-state index < -0.39 is 0 Å². The van der Waals surface area contributed by atoms with Crippen LogP contribution < -0.4 is 10.6 Å². The normalized spacial score (nSPS) is 27.8. The number of urea groups is 1. The van der Waals surface area contributed by atoms with E-state index in [0.29, 0.717) is 5.92 Å². The molecule has 4 atom stereocenters. The van der Waals surface area contributed by atoms with Crippen LogP contribution in [-0.2, 0) is 4.74 Å². The Kier molecular flexibility index (Phi) is 4.04. The molecule has 4 rings (SSSR count). The van der Waals surface area contributed by atoms with E-state index in [9.17, 15) is 4.79 Å². The lowest BCUT2D eigenvalue weighted by Gasteiger charge is -2.54. The topological polar surface area (TPSA) is 63.5 Å². The molecule has 2 amide bonds. The van der Waals surface area contributed by atoms with Crippen LogP contribution >= 0.6 is 0 Å². The molecule has 2 aromatic rings. The number of carbonyl (C=O) groups excluding carboxylic acids is 1. The second-order valence-electron chi connectivity index (χ2n) is 7.52. The molecule has 1 aliphatic heterocycles. The molecular weight excluding hydrogens is 316 g/mol. The third kappa shape index (κ3) is 2.82. The highest BCUT2D eigenvalue weighted by Gasteiger charge is 2.59. The molecule has 0 bridgehead atoms. The number of hydrogen-bond donors (Lipinski definition) is 2. The minimum atomic E-state index is -0.310. The molecule has 0 unspecified atom stereocenters. The van der Waals surface area contributed by atoms with E-state index in [-0.39, 0.29) is 29.6 Å². The van der Waals surface area contributed by atoms with E-state index in [4.69, 9.17) is 9.15 Å². The highest BCUT2D eigenvalue weighted by Crippen LogP contribution is 2.52. The molecular formula is C20H24N2O3. The maximum atomic E-state index is 12.7. The summed E-state index contributed by atoms with van der Waals surface area (Å²) in [5.41, 5.74) is 0.952. The first-order valence-electron chi connectivity index (χ1n) is 8.84. The van der Waals surface area contributed by atoms with Gasteiger partial charge in [-0.25, -0.2) is 4.79 Å². The Morgan fingerprint density at radius 1 is 1.20 bits per heavy atom. The number of rotatable bonds is 4. The average molecular weight is 340 g/mol. The number of hydrogen-bond acceptors (Lipinski definition) is 3. The van der Waals surface area contributed by atoms with Crippen LogP contribution in [0.25, 0.3) is 0 Å². The highest BCUT2D eigenvalue weighted by molar-refractivity contribution is 5.75. The third-order valence-corrected chi connectivity index (χ3v) is 5.62. The Morgan fingerprint density at radius 3 is 2.72 bits per heavy atom. The second-order valence-corrected chi connectivity index (χ2v) is 7.52. The summed E-state index contributed by atoms with van der Waals surface area (Å²) in [5, 5.41) is 6.24. The Hall–Kier alpha value is -2.27. The van der Waals surface area contributed by atoms with Crippen molar-refractivity contribution >= 4 is 6.03 Å². The quantitative estimate of drug-likeness (QED) is 0.896. The molecule has 2 N–H and O–H groups in total. The summed E-state index contributed by atoms with van der Waals surface area (Å²) in [6.07, 6.45) is 2.90. The molecule has 5 nitrogen and oxygen atoms in total. The SMILES string of the molecule is CC1(C)[C@H](NC(=O)N[C@H](c2ccccc2)c2ccco2)[C@@H]2CCO[C@@H]21. The number of fused-ring (bicyclic) bond motifs is 1. The molecule has 1 aliphatic carbocycles. The monoisotopic (exact) mass is 340 g/mol. The van der Waals surface area contributed by atoms with Crippen molar-refractivity contribution in [3.63, 3.8) is 0 Å². The van der Waals surface area contributed by atoms with Crippen molar-refractivity contribution in [2.75, 3.05) is 6.61 Å². The zero-order chi connectivity index (χ0) is 17.4. The molecule has 1 aromatic heterocycles. The van der Waals surface area contributed by atoms with Gasteiger partial charge < -0.3 is 19.8 Å². The van der Waals surface area contributed by atoms with Crippen molar-refractivity contribution in [3.05, 3.63) is 60.1 Å². The van der Waals surface area contributed by atoms with Crippen LogP contribution in [0.15, 0.2) is 53.1 Å². The summed E-state index contributed by atoms with van der Waals surface area (Å²) in [6.45, 7) is 5.11. The molecule has 2 heterocycles. The van der Waals surface area contributed by atoms with Gasteiger partial charge in [0.2, 0.25) is 0 Å². The highest BCUT2D eigenvalue weighted by atomic mass is 16.5. The summed E-state index contributed by atoms with van der Waals surface area (Å²) in [6, 6.07) is 13.2. The Morgan fingerprint density at radius 2 is 2.00 bits per heavy atom. The molecule has 1 aromatic carbocycles. The van der Waals surface area contributed by atoms with Crippen molar-refractivity contribution in [1.82, 2.24) is 10.6 Å². The number of nitrogens with one attached hydrogen (secondary N) is 2. The number of carbonyl (C=O) groups is 1. The largest absolute Gasteiger partial charge is 0.467 e. The van der Waals surface area contributed by atoms with E-state index in [1.165, 1.54) is 0 Å². The van der Waals surface area contributed by atoms with Crippen LogP contribution in [0.5, 0.6) is 0 Å². The maximum absolute atomic E-state index is 12.7. The number of ether oxygens (including phenoxy) is 1. The van der Waals surface area contributed by atoms with Crippen LogP contribution in [0.2, 0.25) is 0 Å². The predicted molar refractivity (Wildman–Crippen MR) is 94.1 cm³/mol. The lowest BCUT2D eigenvalue weighted by molar-refractivity contribution is -0.108. The minimum Gasteiger partial charge on any atom is -0.467 e. The smallest absolute Gasteiger partial charge is 0.315 e. The minimum absolute atomic E-state index is 0.0363. The van der Waals surface area contributed by atoms with E-state index in [1.807, 2.05) is 42.5 Å². The van der Waals surface area contributed by atoms with E-state index in [1.54, 1.807) is 6.26 Å². The van der Waals surface area contributed by atoms with Gasteiger partial charge in [0.15, 0.2) is 0 Å². The van der Waals surface area contributed by atoms with Gasteiger partial charge in [-0.1, -0.05) is 44.2 Å². The molecule has 2 fully saturated rings. The van der Waals surface area contributed by atoms with Crippen molar-refractivity contribution in [3.8, 4) is 0 Å². The first-order chi connectivity index (χ1) is 12.1. The summed E-state index contributed by atoms with van der Waals surface area (Å²) >= 11 is 0. The van der Waals surface area contributed by atoms with Crippen LogP contribution in [0.4, 0.5) is 4.79 Å². The van der Waals surface area contributed by atoms with Gasteiger partial charge in [-0.05, 0) is 24.1 Å². The van der Waals surface area contributed by atoms with E-state index in [2.05, 4.69) is 24.5 Å². The standard InChI is InChI=1S/C20H24N2O3/c1-20(2)17(14-10-12-25-18(14)20)22-19(23)21-16(15-9-6-11-24-15)13-7-4-3-5-8-13/h3-9,11,14,16-18H,10,12H2,1-2H3,(H2,21,22,23)/t14-,16+,17+,18-/m0/s1. The zero-order valence-corrected chi connectivity index (χ0v) is 14.6. The van der Waals surface area contributed by atoms with Crippen molar-refractivity contribution in [1.29, 1.82) is 0 Å². The lowest BCUT2D eigenvalue weighted by Crippen LogP contribution is -2.67. The van der Waals surface area contributed by atoms with Gasteiger partial charge in [-0.15, -0.1) is 0 Å². The molecule has 2 aliphatic rings. The molecule has 0 spiro atoms. The summed E-state index contributed by atoms with van der Waals surface area (Å²) in [5.74, 6) is 1.14. The van der Waals surface area contributed by atoms with E-state index >= 15 is 0 Å². The average Bonchev–Trinajstić information content (AvgIpc) is 3.29. The summed E-state index contributed by atoms with van der Waals surface area (Å²) < 4.78 is 11.3. The molecule has 0 radical (unpaired) electrons. The van der Waals surface area contributed by atoms with Crippen LogP contribution in [0.1, 0.15) is 37.6 Å². The van der Waals surface area contributed by atoms with Gasteiger partial charge in [0.05, 0.1) is 12.4 Å². The lowest BCUT2D eigenvalue weighted by atomic mass is 9.57. The van der Waals surface area contributed by atoms with E-state index in [0.717, 1.165) is 24.4 Å². The molecule has 132 valence electrons. The predicted octanol–water partition coefficient (Wildman–Crippen LogP) is 3.48. The Balaban J connectivity index is 1.48. The fourth-order valence-corrected chi connectivity index (χ4v) is 4.35.